The van der Waals surface area contributed by atoms with Crippen molar-refractivity contribution in [1.82, 2.24) is 0 Å². The lowest BCUT2D eigenvalue weighted by atomic mass is 9.67. The molecule has 0 N–H and O–H groups in total. The molecule has 1 spiro atoms. The van der Waals surface area contributed by atoms with Gasteiger partial charge in [0.25, 0.3) is 0 Å². The fourth-order valence-electron chi connectivity index (χ4n) is 4.41. The van der Waals surface area contributed by atoms with E-state index >= 15 is 0 Å². The summed E-state index contributed by atoms with van der Waals surface area (Å²) in [6.07, 6.45) is 2.41. The minimum atomic E-state index is -0.437. The molecule has 3 atom stereocenters. The van der Waals surface area contributed by atoms with Crippen LogP contribution in [0.1, 0.15) is 53.9 Å². The predicted molar refractivity (Wildman–Crippen MR) is 72.7 cm³/mol. The third-order valence-corrected chi connectivity index (χ3v) is 6.13. The summed E-state index contributed by atoms with van der Waals surface area (Å²) in [5.41, 5.74) is 0.156. The summed E-state index contributed by atoms with van der Waals surface area (Å²) in [4.78, 5) is 12.1. The number of ketones is 1. The number of Topliss-reactive ketones (excluding diaryl/α,β-unsaturated/α-hetero) is 1. The average molecular weight is 266 g/mol. The molecule has 0 unspecified atom stereocenters. The summed E-state index contributed by atoms with van der Waals surface area (Å²) in [7, 11) is 0. The first-order valence-electron chi connectivity index (χ1n) is 7.42. The topological polar surface area (TPSA) is 35.5 Å². The largest absolute Gasteiger partial charge is 0.349 e. The van der Waals surface area contributed by atoms with Gasteiger partial charge in [-0.05, 0) is 10.8 Å². The highest BCUT2D eigenvalue weighted by Gasteiger charge is 2.68. The predicted octanol–water partition coefficient (Wildman–Crippen LogP) is 3.17. The van der Waals surface area contributed by atoms with Gasteiger partial charge in [0, 0.05) is 30.6 Å². The molecule has 0 aromatic carbocycles. The Bertz CT molecular complexity index is 418. The molecule has 0 radical (unpaired) electrons. The number of hydrogen-bond donors (Lipinski definition) is 0. The summed E-state index contributed by atoms with van der Waals surface area (Å²) in [5.74, 6) is 0.101. The fourth-order valence-corrected chi connectivity index (χ4v) is 4.41. The summed E-state index contributed by atoms with van der Waals surface area (Å²) < 4.78 is 12.3. The number of rotatable bonds is 0. The third-order valence-electron chi connectivity index (χ3n) is 6.13. The van der Waals surface area contributed by atoms with E-state index in [-0.39, 0.29) is 22.2 Å². The van der Waals surface area contributed by atoms with Crippen LogP contribution in [0.25, 0.3) is 0 Å². The molecular weight excluding hydrogens is 240 g/mol. The molecule has 0 amide bonds. The highest BCUT2D eigenvalue weighted by Crippen LogP contribution is 2.68. The van der Waals surface area contributed by atoms with Gasteiger partial charge in [-0.15, -0.1) is 0 Å². The van der Waals surface area contributed by atoms with Gasteiger partial charge < -0.3 is 9.47 Å². The fraction of sp³-hybridized carbons (Fsp3) is 0.938. The van der Waals surface area contributed by atoms with Crippen molar-refractivity contribution >= 4 is 5.78 Å². The Morgan fingerprint density at radius 2 is 1.63 bits per heavy atom. The quantitative estimate of drug-likeness (QED) is 0.675. The summed E-state index contributed by atoms with van der Waals surface area (Å²) in [5, 5.41) is 0. The van der Waals surface area contributed by atoms with Crippen LogP contribution in [0.15, 0.2) is 0 Å². The Kier molecular flexibility index (Phi) is 2.58. The van der Waals surface area contributed by atoms with Gasteiger partial charge in [-0.1, -0.05) is 34.6 Å². The molecular formula is C16H26O3. The van der Waals surface area contributed by atoms with Gasteiger partial charge >= 0.3 is 0 Å². The van der Waals surface area contributed by atoms with Crippen molar-refractivity contribution in [2.24, 2.45) is 22.2 Å². The van der Waals surface area contributed by atoms with Crippen LogP contribution in [-0.2, 0) is 14.3 Å². The molecule has 3 nitrogen and oxygen atoms in total. The number of carbonyl (C=O) groups is 1. The number of carbonyl (C=O) groups excluding carboxylic acids is 1. The molecule has 1 heterocycles. The Hall–Kier alpha value is -0.410. The van der Waals surface area contributed by atoms with E-state index in [2.05, 4.69) is 34.6 Å². The molecule has 1 saturated heterocycles. The zero-order valence-electron chi connectivity index (χ0n) is 12.8. The van der Waals surface area contributed by atoms with Crippen LogP contribution in [0, 0.1) is 22.2 Å². The van der Waals surface area contributed by atoms with Crippen molar-refractivity contribution in [3.8, 4) is 0 Å². The number of ether oxygens (including phenoxy) is 2. The van der Waals surface area contributed by atoms with E-state index in [9.17, 15) is 4.79 Å². The van der Waals surface area contributed by atoms with Crippen LogP contribution in [0.3, 0.4) is 0 Å². The van der Waals surface area contributed by atoms with Crippen molar-refractivity contribution in [3.05, 3.63) is 0 Å². The molecule has 3 aliphatic rings. The van der Waals surface area contributed by atoms with Gasteiger partial charge in [-0.25, -0.2) is 0 Å². The van der Waals surface area contributed by atoms with Crippen LogP contribution >= 0.6 is 0 Å². The molecule has 0 bridgehead atoms. The number of hydrogen-bond acceptors (Lipinski definition) is 3. The normalized spacial score (nSPS) is 47.6. The minimum Gasteiger partial charge on any atom is -0.349 e. The first kappa shape index (κ1) is 13.6. The average Bonchev–Trinajstić information content (AvgIpc) is 2.60. The zero-order valence-corrected chi connectivity index (χ0v) is 12.8. The van der Waals surface area contributed by atoms with Gasteiger partial charge in [-0.2, -0.15) is 0 Å². The van der Waals surface area contributed by atoms with Crippen LogP contribution in [0.2, 0.25) is 0 Å². The second kappa shape index (κ2) is 3.62. The van der Waals surface area contributed by atoms with Gasteiger partial charge in [0.1, 0.15) is 5.78 Å². The van der Waals surface area contributed by atoms with E-state index in [0.29, 0.717) is 12.2 Å². The maximum absolute atomic E-state index is 12.1. The van der Waals surface area contributed by atoms with Crippen LogP contribution in [0.5, 0.6) is 0 Å². The Morgan fingerprint density at radius 3 is 2.16 bits per heavy atom. The molecule has 3 heteroatoms. The molecule has 2 aliphatic carbocycles. The molecule has 3 rings (SSSR count). The molecule has 1 aliphatic heterocycles. The monoisotopic (exact) mass is 266 g/mol. The maximum atomic E-state index is 12.1. The van der Waals surface area contributed by atoms with Crippen LogP contribution in [-0.4, -0.2) is 24.8 Å². The molecule has 108 valence electrons. The van der Waals surface area contributed by atoms with Crippen molar-refractivity contribution < 1.29 is 14.3 Å². The minimum absolute atomic E-state index is 0.0194. The van der Waals surface area contributed by atoms with Crippen LogP contribution < -0.4 is 0 Å². The van der Waals surface area contributed by atoms with Crippen LogP contribution in [0.4, 0.5) is 0 Å². The second-order valence-corrected chi connectivity index (χ2v) is 8.35. The summed E-state index contributed by atoms with van der Waals surface area (Å²) in [6, 6.07) is 0. The van der Waals surface area contributed by atoms with Gasteiger partial charge in [0.15, 0.2) is 5.79 Å². The van der Waals surface area contributed by atoms with E-state index < -0.39 is 5.79 Å². The first-order chi connectivity index (χ1) is 8.62. The SMILES string of the molecule is C[C@H]1C(=O)C[C@]2(C)CC3(C[C@]12C)OCC(C)(C)CO3. The van der Waals surface area contributed by atoms with Crippen molar-refractivity contribution in [2.75, 3.05) is 13.2 Å². The number of fused-ring (bicyclic) bond motifs is 1. The second-order valence-electron chi connectivity index (χ2n) is 8.35. The Balaban J connectivity index is 1.87. The first-order valence-corrected chi connectivity index (χ1v) is 7.42. The van der Waals surface area contributed by atoms with Gasteiger partial charge in [0.2, 0.25) is 0 Å². The molecule has 3 fully saturated rings. The smallest absolute Gasteiger partial charge is 0.169 e. The van der Waals surface area contributed by atoms with Gasteiger partial charge in [-0.3, -0.25) is 4.79 Å². The molecule has 0 aromatic rings. The van der Waals surface area contributed by atoms with E-state index in [1.54, 1.807) is 0 Å². The Morgan fingerprint density at radius 1 is 1.05 bits per heavy atom. The molecule has 2 saturated carbocycles. The molecule has 0 aromatic heterocycles. The third kappa shape index (κ3) is 1.74. The highest BCUT2D eigenvalue weighted by molar-refractivity contribution is 5.85. The van der Waals surface area contributed by atoms with Crippen molar-refractivity contribution in [3.63, 3.8) is 0 Å². The summed E-state index contributed by atoms with van der Waals surface area (Å²) >= 11 is 0. The Labute approximate surface area is 116 Å². The van der Waals surface area contributed by atoms with Crippen molar-refractivity contribution in [1.29, 1.82) is 0 Å². The van der Waals surface area contributed by atoms with Gasteiger partial charge in [0.05, 0.1) is 13.2 Å². The molecule has 19 heavy (non-hydrogen) atoms. The highest BCUT2D eigenvalue weighted by atomic mass is 16.7. The lowest BCUT2D eigenvalue weighted by Crippen LogP contribution is -2.47. The van der Waals surface area contributed by atoms with E-state index in [1.165, 1.54) is 0 Å². The summed E-state index contributed by atoms with van der Waals surface area (Å²) in [6.45, 7) is 12.4. The van der Waals surface area contributed by atoms with E-state index in [0.717, 1.165) is 26.1 Å². The van der Waals surface area contributed by atoms with E-state index in [4.69, 9.17) is 9.47 Å². The van der Waals surface area contributed by atoms with E-state index in [1.807, 2.05) is 0 Å². The van der Waals surface area contributed by atoms with Crippen molar-refractivity contribution in [2.45, 2.75) is 59.7 Å². The lowest BCUT2D eigenvalue weighted by molar-refractivity contribution is -0.300. The standard InChI is InChI=1S/C16H26O3/c1-11-12(17)6-14(4)7-16(8-15(11,14)5)18-9-13(2,3)10-19-16/h11H,6-10H2,1-5H3/t11-,14+,15+/m0/s1. The maximum Gasteiger partial charge on any atom is 0.169 e. The zero-order chi connectivity index (χ0) is 14.1. The lowest BCUT2D eigenvalue weighted by Gasteiger charge is -2.42.